The Labute approximate surface area is 460 Å². The maximum Gasteiger partial charge on any atom is 0.297 e. The number of benzene rings is 5. The van der Waals surface area contributed by atoms with Crippen molar-refractivity contribution in [1.82, 2.24) is 0 Å². The Hall–Kier alpha value is -5.53. The minimum absolute atomic E-state index is 0.000154. The van der Waals surface area contributed by atoms with Crippen LogP contribution in [0.1, 0.15) is 131 Å². The minimum Gasteiger partial charge on any atom is -0.472 e. The molecule has 0 atom stereocenters. The zero-order valence-corrected chi connectivity index (χ0v) is 50.0. The molecule has 2 aliphatic heterocycles. The van der Waals surface area contributed by atoms with E-state index in [2.05, 4.69) is 260 Å². The van der Waals surface area contributed by atoms with Crippen molar-refractivity contribution in [3.8, 4) is 12.3 Å². The summed E-state index contributed by atoms with van der Waals surface area (Å²) < 4.78 is 7.79. The van der Waals surface area contributed by atoms with Crippen LogP contribution < -0.4 is 58.6 Å². The summed E-state index contributed by atoms with van der Waals surface area (Å²) in [4.78, 5) is 7.85. The maximum atomic E-state index is 7.79. The lowest BCUT2D eigenvalue weighted by Gasteiger charge is -2.45. The molecule has 372 valence electrons. The zero-order valence-electron chi connectivity index (χ0n) is 50.0. The average Bonchev–Trinajstić information content (AvgIpc) is 3.77. The normalized spacial score (nSPS) is 16.2. The number of hydrogen-bond acceptors (Lipinski definition) is 4. The van der Waals surface area contributed by atoms with Crippen molar-refractivity contribution >= 4 is 167 Å². The second-order valence-electron chi connectivity index (χ2n) is 27.3. The van der Waals surface area contributed by atoms with Crippen LogP contribution in [-0.2, 0) is 27.1 Å². The van der Waals surface area contributed by atoms with Crippen molar-refractivity contribution in [2.45, 2.75) is 130 Å². The summed E-state index contributed by atoms with van der Waals surface area (Å²) in [6.07, 6.45) is 8.21. The van der Waals surface area contributed by atoms with Crippen LogP contribution in [0.5, 0.6) is 0 Å². The molecule has 4 nitrogen and oxygen atoms in total. The summed E-state index contributed by atoms with van der Waals surface area (Å²) in [7, 11) is 20.3. The second kappa shape index (κ2) is 18.6. The van der Waals surface area contributed by atoms with E-state index in [4.69, 9.17) is 10.8 Å². The smallest absolute Gasteiger partial charge is 0.297 e. The van der Waals surface area contributed by atoms with Crippen molar-refractivity contribution in [3.05, 3.63) is 129 Å². The van der Waals surface area contributed by atoms with Gasteiger partial charge in [0.05, 0.1) is 11.3 Å². The highest BCUT2D eigenvalue weighted by atomic mass is 16.3. The van der Waals surface area contributed by atoms with E-state index in [1.165, 1.54) is 99.9 Å². The standard InChI is InChI=1S/C61H77B10N3O/c1-15-38(62)45(64)46(65)39(63)31-72(54-50(69)48(67)47(66)49(68)51(54)70)37-29-42-52-43(30-37)74(36-23-18-33(19-24-36)58(5,6)7)53-44-55(61(13,14)27-26-60(44,11)12)75-56(53)71(52)40-28-34(59(8,9)10)20-25-41(40)73(42)35-21-16-32(17-22-35)57(2,3)4/h1,16-25,28-30H,26-27,31,62-70H2,2-14H3/b45-38-,46-39-. The first kappa shape index (κ1) is 54.3. The van der Waals surface area contributed by atoms with Crippen LogP contribution in [0.25, 0.3) is 0 Å². The van der Waals surface area contributed by atoms with Gasteiger partial charge < -0.3 is 19.1 Å². The molecule has 0 fully saturated rings. The Morgan fingerprint density at radius 3 is 1.59 bits per heavy atom. The Balaban J connectivity index is 1.49. The highest BCUT2D eigenvalue weighted by Crippen LogP contribution is 2.55. The highest BCUT2D eigenvalue weighted by Gasteiger charge is 2.53. The Kier molecular flexibility index (Phi) is 13.5. The van der Waals surface area contributed by atoms with Gasteiger partial charge in [-0.25, -0.2) is 0 Å². The van der Waals surface area contributed by atoms with Gasteiger partial charge in [-0.2, -0.15) is 0 Å². The van der Waals surface area contributed by atoms with Gasteiger partial charge in [0.1, 0.15) is 76.4 Å². The number of terminal acetylenes is 1. The van der Waals surface area contributed by atoms with E-state index in [1.54, 1.807) is 0 Å². The predicted octanol–water partition coefficient (Wildman–Crippen LogP) is 1.62. The summed E-state index contributed by atoms with van der Waals surface area (Å²) in [5.74, 6) is 4.08. The number of anilines is 8. The molecule has 3 aliphatic rings. The topological polar surface area (TPSA) is 22.9 Å². The monoisotopic (exact) mass is 978 g/mol. The molecule has 14 heteroatoms. The SMILES string of the molecule is B/C(C#C)=C(B)/C(B)=C(/B)CN(c1cc2c3c(c1)N(c1ccc(C(C)(C)C)cc1)c1c(oc4c1C(C)(C)CCC4(C)C)B3c1cc(C(C)(C)C)ccc1N2c1ccc(C(C)(C)C)cc1)c1c(B)c(B)c(B)c(B)c1B. The third kappa shape index (κ3) is 9.09. The third-order valence-corrected chi connectivity index (χ3v) is 18.3. The van der Waals surface area contributed by atoms with Gasteiger partial charge in [-0.1, -0.05) is 165 Å². The molecule has 0 saturated heterocycles. The minimum atomic E-state index is -0.173. The number of nitrogens with zero attached hydrogens (tertiary/aromatic N) is 3. The van der Waals surface area contributed by atoms with E-state index in [9.17, 15) is 0 Å². The van der Waals surface area contributed by atoms with E-state index in [1.807, 2.05) is 0 Å². The van der Waals surface area contributed by atoms with E-state index >= 15 is 0 Å². The number of allylic oxidation sites excluding steroid dienone is 3. The molecule has 0 saturated carbocycles. The molecular weight excluding hydrogens is 899 g/mol. The zero-order chi connectivity index (χ0) is 55.0. The molecule has 75 heavy (non-hydrogen) atoms. The number of fused-ring (bicyclic) bond motifs is 6. The summed E-state index contributed by atoms with van der Waals surface area (Å²) in [5.41, 5.74) is 29.2. The largest absolute Gasteiger partial charge is 0.472 e. The maximum absolute atomic E-state index is 7.79. The quantitative estimate of drug-likeness (QED) is 0.138. The number of rotatable bonds is 7. The van der Waals surface area contributed by atoms with E-state index < -0.39 is 0 Å². The van der Waals surface area contributed by atoms with Crippen LogP contribution in [0.3, 0.4) is 0 Å². The third-order valence-electron chi connectivity index (χ3n) is 18.3. The van der Waals surface area contributed by atoms with Crippen molar-refractivity contribution in [3.63, 3.8) is 0 Å². The van der Waals surface area contributed by atoms with Crippen molar-refractivity contribution < 1.29 is 4.42 Å². The molecule has 5 aromatic carbocycles. The molecule has 0 unspecified atom stereocenters. The van der Waals surface area contributed by atoms with Crippen LogP contribution >= 0.6 is 0 Å². The van der Waals surface area contributed by atoms with Crippen LogP contribution in [0, 0.1) is 12.3 Å². The van der Waals surface area contributed by atoms with Gasteiger partial charge in [-0.3, -0.25) is 0 Å². The van der Waals surface area contributed by atoms with Gasteiger partial charge in [0, 0.05) is 57.3 Å². The lowest BCUT2D eigenvalue weighted by atomic mass is 9.35. The molecule has 1 aliphatic carbocycles. The lowest BCUT2D eigenvalue weighted by Crippen LogP contribution is -2.61. The van der Waals surface area contributed by atoms with Gasteiger partial charge in [-0.05, 0) is 110 Å². The molecule has 0 spiro atoms. The number of furan rings is 1. The molecule has 0 bridgehead atoms. The molecule has 0 radical (unpaired) electrons. The molecule has 9 rings (SSSR count). The molecule has 6 aromatic rings. The molecule has 1 aromatic heterocycles. The van der Waals surface area contributed by atoms with Crippen molar-refractivity contribution in [1.29, 1.82) is 0 Å². The number of hydrogen-bond donors (Lipinski definition) is 0. The Morgan fingerprint density at radius 1 is 0.613 bits per heavy atom. The molecule has 3 heterocycles. The van der Waals surface area contributed by atoms with Crippen LogP contribution in [-0.4, -0.2) is 83.9 Å². The molecular formula is C61H77B10N3O. The first-order chi connectivity index (χ1) is 34.8. The summed E-state index contributed by atoms with van der Waals surface area (Å²) >= 11 is 0. The van der Waals surface area contributed by atoms with Crippen LogP contribution in [0.15, 0.2) is 105 Å². The van der Waals surface area contributed by atoms with Gasteiger partial charge in [-0.15, -0.1) is 17.4 Å². The van der Waals surface area contributed by atoms with Crippen molar-refractivity contribution in [2.75, 3.05) is 21.2 Å². The van der Waals surface area contributed by atoms with Gasteiger partial charge in [0.2, 0.25) is 0 Å². The Bertz CT molecular complexity index is 3400. The van der Waals surface area contributed by atoms with E-state index in [-0.39, 0.29) is 33.8 Å². The van der Waals surface area contributed by atoms with Gasteiger partial charge >= 0.3 is 0 Å². The predicted molar refractivity (Wildman–Crippen MR) is 356 cm³/mol. The summed E-state index contributed by atoms with van der Waals surface area (Å²) in [5, 5.41) is 0. The summed E-state index contributed by atoms with van der Waals surface area (Å²) in [6, 6.07) is 31.2. The van der Waals surface area contributed by atoms with Crippen molar-refractivity contribution in [2.24, 2.45) is 0 Å². The van der Waals surface area contributed by atoms with E-state index in [0.717, 1.165) is 52.3 Å². The fourth-order valence-corrected chi connectivity index (χ4v) is 12.4. The fraction of sp³-hybridized carbons (Fsp3) is 0.344. The lowest BCUT2D eigenvalue weighted by molar-refractivity contribution is 0.282. The van der Waals surface area contributed by atoms with Crippen LogP contribution in [0.4, 0.5) is 45.5 Å². The van der Waals surface area contributed by atoms with Gasteiger partial charge in [0.25, 0.3) is 6.71 Å². The summed E-state index contributed by atoms with van der Waals surface area (Å²) in [6.45, 7) is 31.1. The Morgan fingerprint density at radius 2 is 1.08 bits per heavy atom. The average molecular weight is 976 g/mol. The molecule has 0 N–H and O–H groups in total. The first-order valence-electron chi connectivity index (χ1n) is 27.8. The van der Waals surface area contributed by atoms with E-state index in [0.29, 0.717) is 6.54 Å². The fourth-order valence-electron chi connectivity index (χ4n) is 12.4. The van der Waals surface area contributed by atoms with Gasteiger partial charge in [0.15, 0.2) is 0 Å². The second-order valence-corrected chi connectivity index (χ2v) is 27.3. The molecule has 0 amide bonds. The van der Waals surface area contributed by atoms with Crippen LogP contribution in [0.2, 0.25) is 0 Å². The first-order valence-corrected chi connectivity index (χ1v) is 27.8. The highest BCUT2D eigenvalue weighted by molar-refractivity contribution is 6.99.